The summed E-state index contributed by atoms with van der Waals surface area (Å²) in [6.45, 7) is 0. The lowest BCUT2D eigenvalue weighted by atomic mass is 9.98. The van der Waals surface area contributed by atoms with E-state index in [1.54, 1.807) is 6.20 Å². The molecule has 0 atom stereocenters. The van der Waals surface area contributed by atoms with Gasteiger partial charge in [-0.3, -0.25) is 4.98 Å². The Morgan fingerprint density at radius 2 is 0.964 bits per heavy atom. The number of aromatic nitrogens is 2. The number of anilines is 3. The number of fused-ring (bicyclic) bond motifs is 7. The van der Waals surface area contributed by atoms with Gasteiger partial charge in [0.2, 0.25) is 0 Å². The van der Waals surface area contributed by atoms with Crippen molar-refractivity contribution in [3.8, 4) is 27.9 Å². The first-order valence-electron chi connectivity index (χ1n) is 18.6. The third kappa shape index (κ3) is 5.19. The predicted octanol–water partition coefficient (Wildman–Crippen LogP) is 14.0. The van der Waals surface area contributed by atoms with Gasteiger partial charge in [0.15, 0.2) is 0 Å². The maximum Gasteiger partial charge on any atom is 0.138 e. The van der Waals surface area contributed by atoms with Crippen molar-refractivity contribution in [3.05, 3.63) is 200 Å². The molecule has 0 radical (unpaired) electrons. The molecule has 0 fully saturated rings. The number of para-hydroxylation sites is 2. The zero-order valence-electron chi connectivity index (χ0n) is 29.8. The summed E-state index contributed by atoms with van der Waals surface area (Å²) in [6, 6.07) is 67.4. The average molecular weight is 704 g/mol. The molecule has 55 heavy (non-hydrogen) atoms. The molecule has 4 nitrogen and oxygen atoms in total. The minimum Gasteiger partial charge on any atom is -0.456 e. The van der Waals surface area contributed by atoms with Gasteiger partial charge >= 0.3 is 0 Å². The van der Waals surface area contributed by atoms with Gasteiger partial charge in [-0.25, -0.2) is 0 Å². The molecular weight excluding hydrogens is 671 g/mol. The molecule has 11 rings (SSSR count). The van der Waals surface area contributed by atoms with E-state index in [9.17, 15) is 0 Å². The fraction of sp³-hybridized carbons (Fsp3) is 0. The Bertz CT molecular complexity index is 3140. The lowest BCUT2D eigenvalue weighted by molar-refractivity contribution is 0.668. The van der Waals surface area contributed by atoms with E-state index in [1.807, 2.05) is 12.3 Å². The first kappa shape index (κ1) is 31.1. The van der Waals surface area contributed by atoms with Crippen LogP contribution in [0.2, 0.25) is 0 Å². The molecular formula is C51H33N3O. The second-order valence-electron chi connectivity index (χ2n) is 14.0. The Hall–Kier alpha value is -7.43. The molecule has 0 N–H and O–H groups in total. The summed E-state index contributed by atoms with van der Waals surface area (Å²) < 4.78 is 8.61. The van der Waals surface area contributed by atoms with Crippen LogP contribution in [-0.4, -0.2) is 9.55 Å². The van der Waals surface area contributed by atoms with Crippen LogP contribution in [0.25, 0.3) is 82.5 Å². The summed E-state index contributed by atoms with van der Waals surface area (Å²) in [6.07, 6.45) is 3.66. The van der Waals surface area contributed by atoms with Crippen LogP contribution in [0.1, 0.15) is 0 Å². The van der Waals surface area contributed by atoms with Gasteiger partial charge in [0, 0.05) is 56.4 Å². The van der Waals surface area contributed by atoms with Gasteiger partial charge in [0.05, 0.1) is 16.7 Å². The zero-order valence-corrected chi connectivity index (χ0v) is 29.8. The van der Waals surface area contributed by atoms with E-state index in [1.165, 1.54) is 55.0 Å². The van der Waals surface area contributed by atoms with Crippen molar-refractivity contribution < 1.29 is 4.42 Å². The fourth-order valence-electron chi connectivity index (χ4n) is 8.26. The van der Waals surface area contributed by atoms with Gasteiger partial charge in [-0.05, 0) is 100 Å². The van der Waals surface area contributed by atoms with Crippen LogP contribution in [0.4, 0.5) is 17.1 Å². The molecule has 0 unspecified atom stereocenters. The lowest BCUT2D eigenvalue weighted by Crippen LogP contribution is -2.09. The fourth-order valence-corrected chi connectivity index (χ4v) is 8.26. The topological polar surface area (TPSA) is 34.2 Å². The zero-order chi connectivity index (χ0) is 36.3. The highest BCUT2D eigenvalue weighted by Crippen LogP contribution is 2.41. The summed E-state index contributed by atoms with van der Waals surface area (Å²) in [5.74, 6) is 0. The first-order chi connectivity index (χ1) is 27.3. The molecule has 11 aromatic rings. The molecule has 0 bridgehead atoms. The van der Waals surface area contributed by atoms with Crippen LogP contribution in [0.5, 0.6) is 0 Å². The highest BCUT2D eigenvalue weighted by Gasteiger charge is 2.18. The molecule has 0 saturated carbocycles. The van der Waals surface area contributed by atoms with Crippen molar-refractivity contribution in [3.63, 3.8) is 0 Å². The normalized spacial score (nSPS) is 11.6. The van der Waals surface area contributed by atoms with Gasteiger partial charge in [-0.1, -0.05) is 115 Å². The largest absolute Gasteiger partial charge is 0.456 e. The second kappa shape index (κ2) is 12.6. The highest BCUT2D eigenvalue weighted by atomic mass is 16.3. The Morgan fingerprint density at radius 1 is 0.400 bits per heavy atom. The summed E-state index contributed by atoms with van der Waals surface area (Å²) in [7, 11) is 0. The van der Waals surface area contributed by atoms with Crippen molar-refractivity contribution >= 4 is 71.6 Å². The number of pyridine rings is 1. The number of furan rings is 1. The molecule has 0 spiro atoms. The van der Waals surface area contributed by atoms with Gasteiger partial charge in [-0.2, -0.15) is 0 Å². The average Bonchev–Trinajstić information content (AvgIpc) is 3.80. The Morgan fingerprint density at radius 3 is 1.67 bits per heavy atom. The second-order valence-corrected chi connectivity index (χ2v) is 14.0. The van der Waals surface area contributed by atoms with Crippen LogP contribution in [-0.2, 0) is 0 Å². The summed E-state index contributed by atoms with van der Waals surface area (Å²) >= 11 is 0. The summed E-state index contributed by atoms with van der Waals surface area (Å²) in [5, 5.41) is 6.98. The van der Waals surface area contributed by atoms with Gasteiger partial charge in [-0.15, -0.1) is 0 Å². The maximum atomic E-state index is 6.18. The Balaban J connectivity index is 1.05. The molecule has 0 aliphatic rings. The van der Waals surface area contributed by atoms with E-state index < -0.39 is 0 Å². The predicted molar refractivity (Wildman–Crippen MR) is 229 cm³/mol. The van der Waals surface area contributed by atoms with Crippen molar-refractivity contribution in [1.29, 1.82) is 0 Å². The minimum absolute atomic E-state index is 0.834. The summed E-state index contributed by atoms with van der Waals surface area (Å²) in [5.41, 5.74) is 13.1. The molecule has 4 heteroatoms. The third-order valence-corrected chi connectivity index (χ3v) is 10.9. The van der Waals surface area contributed by atoms with E-state index >= 15 is 0 Å². The smallest absolute Gasteiger partial charge is 0.138 e. The molecule has 0 aliphatic heterocycles. The minimum atomic E-state index is 0.834. The number of hydrogen-bond acceptors (Lipinski definition) is 3. The van der Waals surface area contributed by atoms with Crippen LogP contribution in [0.15, 0.2) is 205 Å². The summed E-state index contributed by atoms with van der Waals surface area (Å²) in [4.78, 5) is 6.72. The highest BCUT2D eigenvalue weighted by molar-refractivity contribution is 6.11. The van der Waals surface area contributed by atoms with E-state index in [0.29, 0.717) is 0 Å². The number of rotatable bonds is 6. The van der Waals surface area contributed by atoms with Gasteiger partial charge in [0.25, 0.3) is 0 Å². The molecule has 258 valence electrons. The molecule has 0 aliphatic carbocycles. The quantitative estimate of drug-likeness (QED) is 0.173. The maximum absolute atomic E-state index is 6.18. The standard InChI is InChI=1S/C51H33N3O/c1-2-10-34(11-3-1)35-18-22-39(23-19-35)53(41-26-27-50-45(32-41)46-33-52-29-28-51(46)55-50)40-24-20-36(21-25-40)38-30-37-12-4-5-13-42(37)49(31-38)54-47-16-8-6-14-43(47)44-15-7-9-17-48(44)54/h1-33H. The van der Waals surface area contributed by atoms with E-state index in [-0.39, 0.29) is 0 Å². The first-order valence-corrected chi connectivity index (χ1v) is 18.6. The van der Waals surface area contributed by atoms with Crippen LogP contribution in [0, 0.1) is 0 Å². The molecule has 0 amide bonds. The van der Waals surface area contributed by atoms with Crippen LogP contribution < -0.4 is 4.90 Å². The number of hydrogen-bond donors (Lipinski definition) is 0. The molecule has 3 heterocycles. The lowest BCUT2D eigenvalue weighted by Gasteiger charge is -2.26. The SMILES string of the molecule is c1ccc(-c2ccc(N(c3ccc(-c4cc(-n5c6ccccc6c6ccccc65)c5ccccc5c4)cc3)c3ccc4oc5ccncc5c4c3)cc2)cc1. The Kier molecular flexibility index (Phi) is 7.14. The van der Waals surface area contributed by atoms with Crippen molar-refractivity contribution in [2.75, 3.05) is 4.90 Å². The van der Waals surface area contributed by atoms with Gasteiger partial charge in [0.1, 0.15) is 11.2 Å². The van der Waals surface area contributed by atoms with Crippen LogP contribution in [0.3, 0.4) is 0 Å². The Labute approximate surface area is 317 Å². The van der Waals surface area contributed by atoms with E-state index in [4.69, 9.17) is 4.42 Å². The monoisotopic (exact) mass is 703 g/mol. The molecule has 3 aromatic heterocycles. The van der Waals surface area contributed by atoms with E-state index in [2.05, 4.69) is 196 Å². The molecule has 8 aromatic carbocycles. The number of benzene rings is 8. The molecule has 0 saturated heterocycles. The van der Waals surface area contributed by atoms with Crippen LogP contribution >= 0.6 is 0 Å². The number of nitrogens with zero attached hydrogens (tertiary/aromatic N) is 3. The van der Waals surface area contributed by atoms with Gasteiger partial charge < -0.3 is 13.9 Å². The van der Waals surface area contributed by atoms with Crippen molar-refractivity contribution in [2.24, 2.45) is 0 Å². The third-order valence-electron chi connectivity index (χ3n) is 10.9. The van der Waals surface area contributed by atoms with Crippen molar-refractivity contribution in [1.82, 2.24) is 9.55 Å². The van der Waals surface area contributed by atoms with E-state index in [0.717, 1.165) is 44.6 Å². The van der Waals surface area contributed by atoms with Crippen molar-refractivity contribution in [2.45, 2.75) is 0 Å².